The monoisotopic (exact) mass is 257 g/mol. The molecule has 1 aliphatic rings. The topological polar surface area (TPSA) is 20.3 Å². The normalized spacial score (nSPS) is 20.2. The highest BCUT2D eigenvalue weighted by molar-refractivity contribution is 5.47. The minimum Gasteiger partial charge on any atom is -0.345 e. The molecule has 0 N–H and O–H groups in total. The molecule has 5 heteroatoms. The van der Waals surface area contributed by atoms with E-state index >= 15 is 0 Å². The number of hydrogen-bond donors (Lipinski definition) is 0. The van der Waals surface area contributed by atoms with Gasteiger partial charge in [-0.25, -0.2) is 0 Å². The largest absolute Gasteiger partial charge is 0.416 e. The summed E-state index contributed by atoms with van der Waals surface area (Å²) in [6.07, 6.45) is -1.81. The van der Waals surface area contributed by atoms with Crippen molar-refractivity contribution >= 4 is 6.41 Å². The van der Waals surface area contributed by atoms with Gasteiger partial charge in [0.05, 0.1) is 5.56 Å². The highest BCUT2D eigenvalue weighted by Crippen LogP contribution is 2.29. The van der Waals surface area contributed by atoms with Crippen molar-refractivity contribution in [3.8, 4) is 0 Å². The lowest BCUT2D eigenvalue weighted by molar-refractivity contribution is -0.137. The zero-order valence-electron chi connectivity index (χ0n) is 9.78. The molecule has 98 valence electrons. The van der Waals surface area contributed by atoms with Crippen molar-refractivity contribution < 1.29 is 18.0 Å². The first kappa shape index (κ1) is 12.9. The summed E-state index contributed by atoms with van der Waals surface area (Å²) >= 11 is 0. The molecule has 0 aliphatic carbocycles. The molecule has 1 heterocycles. The Bertz CT molecular complexity index is 413. The summed E-state index contributed by atoms with van der Waals surface area (Å²) in [5.74, 6) is 0.354. The number of nitrogens with zero attached hydrogens (tertiary/aromatic N) is 1. The van der Waals surface area contributed by atoms with Gasteiger partial charge in [0.15, 0.2) is 0 Å². The first-order valence-corrected chi connectivity index (χ1v) is 5.84. The zero-order valence-corrected chi connectivity index (χ0v) is 9.78. The maximum atomic E-state index is 12.4. The molecule has 0 radical (unpaired) electrons. The zero-order chi connectivity index (χ0) is 13.2. The standard InChI is InChI=1S/C13H14F3NO/c14-13(15,16)12-3-1-10(2-4-12)7-11-5-6-17(8-11)9-18/h1-4,9,11H,5-8H2/t11-/m0/s1. The Balaban J connectivity index is 1.97. The van der Waals surface area contributed by atoms with Crippen molar-refractivity contribution in [3.05, 3.63) is 35.4 Å². The fourth-order valence-corrected chi connectivity index (χ4v) is 2.29. The molecule has 1 saturated heterocycles. The number of halogens is 3. The first-order chi connectivity index (χ1) is 8.49. The SMILES string of the molecule is O=CN1CC[C@@H](Cc2ccc(C(F)(F)F)cc2)C1. The fraction of sp³-hybridized carbons (Fsp3) is 0.462. The fourth-order valence-electron chi connectivity index (χ4n) is 2.29. The van der Waals surface area contributed by atoms with Gasteiger partial charge < -0.3 is 4.90 Å². The minimum absolute atomic E-state index is 0.354. The average Bonchev–Trinajstić information content (AvgIpc) is 2.76. The lowest BCUT2D eigenvalue weighted by Gasteiger charge is -2.11. The number of likely N-dealkylation sites (tertiary alicyclic amines) is 1. The van der Waals surface area contributed by atoms with Crippen LogP contribution in [0.3, 0.4) is 0 Å². The van der Waals surface area contributed by atoms with Gasteiger partial charge in [-0.2, -0.15) is 13.2 Å². The Hall–Kier alpha value is -1.52. The molecule has 0 aromatic heterocycles. The van der Waals surface area contributed by atoms with Crippen molar-refractivity contribution in [2.24, 2.45) is 5.92 Å². The second-order valence-corrected chi connectivity index (χ2v) is 4.65. The van der Waals surface area contributed by atoms with E-state index in [1.54, 1.807) is 4.90 Å². The van der Waals surface area contributed by atoms with Gasteiger partial charge in [0.2, 0.25) is 6.41 Å². The maximum absolute atomic E-state index is 12.4. The molecule has 0 spiro atoms. The maximum Gasteiger partial charge on any atom is 0.416 e. The number of hydrogen-bond acceptors (Lipinski definition) is 1. The van der Waals surface area contributed by atoms with Crippen molar-refractivity contribution in [1.29, 1.82) is 0 Å². The van der Waals surface area contributed by atoms with E-state index in [2.05, 4.69) is 0 Å². The van der Waals surface area contributed by atoms with Crippen LogP contribution < -0.4 is 0 Å². The van der Waals surface area contributed by atoms with E-state index in [0.717, 1.165) is 43.5 Å². The molecule has 2 nitrogen and oxygen atoms in total. The van der Waals surface area contributed by atoms with E-state index in [1.165, 1.54) is 12.1 Å². The predicted octanol–water partition coefficient (Wildman–Crippen LogP) is 2.73. The molecule has 1 atom stereocenters. The van der Waals surface area contributed by atoms with Gasteiger partial charge >= 0.3 is 6.18 Å². The van der Waals surface area contributed by atoms with E-state index in [9.17, 15) is 18.0 Å². The first-order valence-electron chi connectivity index (χ1n) is 5.84. The Morgan fingerprint density at radius 2 is 1.94 bits per heavy atom. The number of rotatable bonds is 3. The van der Waals surface area contributed by atoms with E-state index in [-0.39, 0.29) is 0 Å². The number of carbonyl (C=O) groups excluding carboxylic acids is 1. The van der Waals surface area contributed by atoms with E-state index < -0.39 is 11.7 Å². The van der Waals surface area contributed by atoms with Crippen molar-refractivity contribution in [1.82, 2.24) is 4.90 Å². The second kappa shape index (κ2) is 5.00. The Kier molecular flexibility index (Phi) is 3.59. The lowest BCUT2D eigenvalue weighted by Crippen LogP contribution is -2.18. The van der Waals surface area contributed by atoms with Crippen molar-refractivity contribution in [2.75, 3.05) is 13.1 Å². The van der Waals surface area contributed by atoms with Crippen LogP contribution in [-0.2, 0) is 17.4 Å². The van der Waals surface area contributed by atoms with Crippen LogP contribution in [0.2, 0.25) is 0 Å². The molecule has 0 unspecified atom stereocenters. The van der Waals surface area contributed by atoms with Gasteiger partial charge in [0.25, 0.3) is 0 Å². The molecule has 1 aromatic carbocycles. The van der Waals surface area contributed by atoms with Crippen LogP contribution in [0.15, 0.2) is 24.3 Å². The highest BCUT2D eigenvalue weighted by Gasteiger charge is 2.30. The molecule has 1 amide bonds. The molecule has 18 heavy (non-hydrogen) atoms. The number of amides is 1. The number of carbonyl (C=O) groups is 1. The smallest absolute Gasteiger partial charge is 0.345 e. The summed E-state index contributed by atoms with van der Waals surface area (Å²) in [5.41, 5.74) is 0.271. The minimum atomic E-state index is -4.28. The van der Waals surface area contributed by atoms with E-state index in [4.69, 9.17) is 0 Å². The Labute approximate surface area is 103 Å². The summed E-state index contributed by atoms with van der Waals surface area (Å²) < 4.78 is 37.1. The predicted molar refractivity (Wildman–Crippen MR) is 60.9 cm³/mol. The van der Waals surface area contributed by atoms with Gasteiger partial charge in [0, 0.05) is 13.1 Å². The summed E-state index contributed by atoms with van der Waals surface area (Å²) in [4.78, 5) is 12.3. The van der Waals surface area contributed by atoms with Gasteiger partial charge in [-0.05, 0) is 36.5 Å². The van der Waals surface area contributed by atoms with E-state index in [1.807, 2.05) is 0 Å². The summed E-state index contributed by atoms with van der Waals surface area (Å²) in [5, 5.41) is 0. The number of alkyl halides is 3. The van der Waals surface area contributed by atoms with Gasteiger partial charge in [0.1, 0.15) is 0 Å². The summed E-state index contributed by atoms with van der Waals surface area (Å²) in [6.45, 7) is 1.44. The van der Waals surface area contributed by atoms with Crippen LogP contribution >= 0.6 is 0 Å². The molecule has 1 fully saturated rings. The number of benzene rings is 1. The molecule has 1 aliphatic heterocycles. The lowest BCUT2D eigenvalue weighted by atomic mass is 9.98. The molecular formula is C13H14F3NO. The molecule has 0 bridgehead atoms. The highest BCUT2D eigenvalue weighted by atomic mass is 19.4. The third-order valence-corrected chi connectivity index (χ3v) is 3.27. The van der Waals surface area contributed by atoms with Crippen molar-refractivity contribution in [3.63, 3.8) is 0 Å². The van der Waals surface area contributed by atoms with Crippen LogP contribution in [0.1, 0.15) is 17.5 Å². The van der Waals surface area contributed by atoms with Crippen molar-refractivity contribution in [2.45, 2.75) is 19.0 Å². The molecule has 0 saturated carbocycles. The van der Waals surface area contributed by atoms with Gasteiger partial charge in [-0.3, -0.25) is 4.79 Å². The van der Waals surface area contributed by atoms with Crippen LogP contribution in [0.5, 0.6) is 0 Å². The quantitative estimate of drug-likeness (QED) is 0.762. The van der Waals surface area contributed by atoms with Crippen LogP contribution in [-0.4, -0.2) is 24.4 Å². The third-order valence-electron chi connectivity index (χ3n) is 3.27. The molecular weight excluding hydrogens is 243 g/mol. The summed E-state index contributed by atoms with van der Waals surface area (Å²) in [7, 11) is 0. The van der Waals surface area contributed by atoms with Crippen LogP contribution in [0, 0.1) is 5.92 Å². The second-order valence-electron chi connectivity index (χ2n) is 4.65. The Morgan fingerprint density at radius 3 is 2.44 bits per heavy atom. The van der Waals surface area contributed by atoms with Gasteiger partial charge in [-0.1, -0.05) is 12.1 Å². The molecule has 1 aromatic rings. The Morgan fingerprint density at radius 1 is 1.28 bits per heavy atom. The third kappa shape index (κ3) is 3.03. The van der Waals surface area contributed by atoms with Crippen LogP contribution in [0.25, 0.3) is 0 Å². The average molecular weight is 257 g/mol. The molecule has 2 rings (SSSR count). The van der Waals surface area contributed by atoms with Gasteiger partial charge in [-0.15, -0.1) is 0 Å². The van der Waals surface area contributed by atoms with E-state index in [0.29, 0.717) is 12.5 Å². The van der Waals surface area contributed by atoms with Crippen LogP contribution in [0.4, 0.5) is 13.2 Å². The summed E-state index contributed by atoms with van der Waals surface area (Å²) in [6, 6.07) is 5.27.